The summed E-state index contributed by atoms with van der Waals surface area (Å²) < 4.78 is 11.2. The molecule has 4 heteroatoms. The number of fused-ring (bicyclic) bond motifs is 1. The molecule has 3 aromatic rings. The second-order valence-corrected chi connectivity index (χ2v) is 5.21. The van der Waals surface area contributed by atoms with Gasteiger partial charge in [0.15, 0.2) is 5.58 Å². The molecule has 0 fully saturated rings. The number of furan rings is 1. The lowest BCUT2D eigenvalue weighted by atomic mass is 10.0. The van der Waals surface area contributed by atoms with Crippen LogP contribution in [0.1, 0.15) is 28.6 Å². The van der Waals surface area contributed by atoms with E-state index in [1.807, 2.05) is 50.2 Å². The molecule has 2 aromatic heterocycles. The largest absolute Gasteiger partial charge is 0.496 e. The molecule has 1 atom stereocenters. The molecule has 0 saturated carbocycles. The van der Waals surface area contributed by atoms with Gasteiger partial charge < -0.3 is 14.9 Å². The van der Waals surface area contributed by atoms with Gasteiger partial charge in [-0.25, -0.2) is 4.98 Å². The standard InChI is InChI=1S/C17H18N2O2/c1-10-4-6-14(20-3)12(8-10)17(18)16-9-13-15(21-16)7-5-11(2)19-13/h4-9,17H,18H2,1-3H3. The van der Waals surface area contributed by atoms with Crippen LogP contribution < -0.4 is 10.5 Å². The molecular formula is C17H18N2O2. The summed E-state index contributed by atoms with van der Waals surface area (Å²) in [4.78, 5) is 4.45. The third-order valence-electron chi connectivity index (χ3n) is 3.56. The number of rotatable bonds is 3. The Bertz CT molecular complexity index is 793. The number of nitrogens with zero attached hydrogens (tertiary/aromatic N) is 1. The zero-order chi connectivity index (χ0) is 15.0. The summed E-state index contributed by atoms with van der Waals surface area (Å²) in [5.41, 5.74) is 10.9. The van der Waals surface area contributed by atoms with Gasteiger partial charge in [-0.2, -0.15) is 0 Å². The number of ether oxygens (including phenoxy) is 1. The fourth-order valence-electron chi connectivity index (χ4n) is 2.45. The van der Waals surface area contributed by atoms with Gasteiger partial charge in [-0.15, -0.1) is 0 Å². The Hall–Kier alpha value is -2.33. The number of aryl methyl sites for hydroxylation is 2. The number of nitrogens with two attached hydrogens (primary N) is 1. The first-order chi connectivity index (χ1) is 10.1. The van der Waals surface area contributed by atoms with Crippen molar-refractivity contribution in [2.24, 2.45) is 5.73 Å². The van der Waals surface area contributed by atoms with Gasteiger partial charge in [0.1, 0.15) is 17.0 Å². The molecule has 0 saturated heterocycles. The Kier molecular flexibility index (Phi) is 3.39. The van der Waals surface area contributed by atoms with Crippen LogP contribution in [0, 0.1) is 13.8 Å². The highest BCUT2D eigenvalue weighted by Crippen LogP contribution is 2.31. The molecule has 3 rings (SSSR count). The Morgan fingerprint density at radius 3 is 2.71 bits per heavy atom. The number of aromatic nitrogens is 1. The molecule has 0 amide bonds. The minimum Gasteiger partial charge on any atom is -0.496 e. The second-order valence-electron chi connectivity index (χ2n) is 5.21. The van der Waals surface area contributed by atoms with Crippen LogP contribution in [-0.4, -0.2) is 12.1 Å². The SMILES string of the molecule is COc1ccc(C)cc1C(N)c1cc2nc(C)ccc2o1. The minimum atomic E-state index is -0.380. The molecule has 4 nitrogen and oxygen atoms in total. The highest BCUT2D eigenvalue weighted by atomic mass is 16.5. The van der Waals surface area contributed by atoms with Crippen LogP contribution in [0.2, 0.25) is 0 Å². The van der Waals surface area contributed by atoms with Gasteiger partial charge in [0.2, 0.25) is 0 Å². The molecule has 0 aliphatic heterocycles. The summed E-state index contributed by atoms with van der Waals surface area (Å²) in [6.07, 6.45) is 0. The van der Waals surface area contributed by atoms with Gasteiger partial charge in [-0.1, -0.05) is 17.7 Å². The Labute approximate surface area is 123 Å². The molecule has 108 valence electrons. The summed E-state index contributed by atoms with van der Waals surface area (Å²) >= 11 is 0. The lowest BCUT2D eigenvalue weighted by Crippen LogP contribution is -2.12. The monoisotopic (exact) mass is 282 g/mol. The van der Waals surface area contributed by atoms with Crippen LogP contribution in [0.4, 0.5) is 0 Å². The van der Waals surface area contributed by atoms with E-state index in [2.05, 4.69) is 4.98 Å². The van der Waals surface area contributed by atoms with Crippen LogP contribution in [0.25, 0.3) is 11.1 Å². The number of pyridine rings is 1. The number of hydrogen-bond donors (Lipinski definition) is 1. The van der Waals surface area contributed by atoms with Crippen molar-refractivity contribution in [2.45, 2.75) is 19.9 Å². The van der Waals surface area contributed by atoms with Gasteiger partial charge in [0.25, 0.3) is 0 Å². The zero-order valence-electron chi connectivity index (χ0n) is 12.4. The molecule has 2 N–H and O–H groups in total. The van der Waals surface area contributed by atoms with Crippen LogP contribution in [0.15, 0.2) is 40.8 Å². The second kappa shape index (κ2) is 5.22. The van der Waals surface area contributed by atoms with E-state index >= 15 is 0 Å². The smallest absolute Gasteiger partial charge is 0.152 e. The van der Waals surface area contributed by atoms with Gasteiger partial charge >= 0.3 is 0 Å². The molecule has 21 heavy (non-hydrogen) atoms. The number of hydrogen-bond acceptors (Lipinski definition) is 4. The maximum atomic E-state index is 6.36. The molecule has 0 aliphatic rings. The lowest BCUT2D eigenvalue weighted by molar-refractivity contribution is 0.404. The Balaban J connectivity index is 2.07. The van der Waals surface area contributed by atoms with E-state index in [1.54, 1.807) is 7.11 Å². The van der Waals surface area contributed by atoms with Crippen molar-refractivity contribution in [1.29, 1.82) is 0 Å². The molecule has 0 radical (unpaired) electrons. The topological polar surface area (TPSA) is 61.3 Å². The zero-order valence-corrected chi connectivity index (χ0v) is 12.4. The van der Waals surface area contributed by atoms with Gasteiger partial charge in [0.05, 0.1) is 13.2 Å². The van der Waals surface area contributed by atoms with Crippen LogP contribution in [-0.2, 0) is 0 Å². The van der Waals surface area contributed by atoms with E-state index in [4.69, 9.17) is 14.9 Å². The molecule has 0 aliphatic carbocycles. The third-order valence-corrected chi connectivity index (χ3v) is 3.56. The van der Waals surface area contributed by atoms with E-state index in [0.717, 1.165) is 33.7 Å². The summed E-state index contributed by atoms with van der Waals surface area (Å²) in [5, 5.41) is 0. The maximum absolute atomic E-state index is 6.36. The van der Waals surface area contributed by atoms with E-state index in [9.17, 15) is 0 Å². The minimum absolute atomic E-state index is 0.380. The normalized spacial score (nSPS) is 12.6. The van der Waals surface area contributed by atoms with Crippen molar-refractivity contribution < 1.29 is 9.15 Å². The van der Waals surface area contributed by atoms with Crippen LogP contribution in [0.5, 0.6) is 5.75 Å². The number of methoxy groups -OCH3 is 1. The van der Waals surface area contributed by atoms with E-state index in [1.165, 1.54) is 0 Å². The molecule has 0 spiro atoms. The third kappa shape index (κ3) is 2.50. The average molecular weight is 282 g/mol. The van der Waals surface area contributed by atoms with Gasteiger partial charge in [-0.3, -0.25) is 0 Å². The Morgan fingerprint density at radius 2 is 1.95 bits per heavy atom. The Morgan fingerprint density at radius 1 is 1.14 bits per heavy atom. The van der Waals surface area contributed by atoms with Crippen molar-refractivity contribution in [3.8, 4) is 5.75 Å². The first kappa shape index (κ1) is 13.6. The fourth-order valence-corrected chi connectivity index (χ4v) is 2.45. The fraction of sp³-hybridized carbons (Fsp3) is 0.235. The molecule has 1 unspecified atom stereocenters. The molecular weight excluding hydrogens is 264 g/mol. The summed E-state index contributed by atoms with van der Waals surface area (Å²) in [6.45, 7) is 3.98. The molecule has 0 bridgehead atoms. The first-order valence-electron chi connectivity index (χ1n) is 6.85. The summed E-state index contributed by atoms with van der Waals surface area (Å²) in [7, 11) is 1.64. The van der Waals surface area contributed by atoms with Gasteiger partial charge in [-0.05, 0) is 32.0 Å². The molecule has 2 heterocycles. The highest BCUT2D eigenvalue weighted by molar-refractivity contribution is 5.73. The van der Waals surface area contributed by atoms with E-state index in [0.29, 0.717) is 5.76 Å². The van der Waals surface area contributed by atoms with Crippen molar-refractivity contribution >= 4 is 11.1 Å². The van der Waals surface area contributed by atoms with Crippen molar-refractivity contribution in [3.05, 3.63) is 59.0 Å². The van der Waals surface area contributed by atoms with Crippen molar-refractivity contribution in [1.82, 2.24) is 4.98 Å². The maximum Gasteiger partial charge on any atom is 0.152 e. The van der Waals surface area contributed by atoms with Gasteiger partial charge in [0, 0.05) is 17.3 Å². The van der Waals surface area contributed by atoms with Crippen molar-refractivity contribution in [3.63, 3.8) is 0 Å². The van der Waals surface area contributed by atoms with Crippen molar-refractivity contribution in [2.75, 3.05) is 7.11 Å². The quantitative estimate of drug-likeness (QED) is 0.798. The van der Waals surface area contributed by atoms with E-state index < -0.39 is 0 Å². The first-order valence-corrected chi connectivity index (χ1v) is 6.85. The van der Waals surface area contributed by atoms with E-state index in [-0.39, 0.29) is 6.04 Å². The predicted octanol–water partition coefficient (Wildman–Crippen LogP) is 3.50. The predicted molar refractivity (Wildman–Crippen MR) is 82.5 cm³/mol. The summed E-state index contributed by atoms with van der Waals surface area (Å²) in [6, 6.07) is 11.3. The highest BCUT2D eigenvalue weighted by Gasteiger charge is 2.18. The number of benzene rings is 1. The molecule has 1 aromatic carbocycles. The van der Waals surface area contributed by atoms with Crippen LogP contribution >= 0.6 is 0 Å². The lowest BCUT2D eigenvalue weighted by Gasteiger charge is -2.14. The average Bonchev–Trinajstić information content (AvgIpc) is 2.89. The summed E-state index contributed by atoms with van der Waals surface area (Å²) in [5.74, 6) is 1.45. The van der Waals surface area contributed by atoms with Crippen LogP contribution in [0.3, 0.4) is 0 Å².